The minimum Gasteiger partial charge on any atom is -0.507 e. The summed E-state index contributed by atoms with van der Waals surface area (Å²) in [7, 11) is 0. The molecule has 0 saturated carbocycles. The highest BCUT2D eigenvalue weighted by molar-refractivity contribution is 6.38. The third-order valence-electron chi connectivity index (χ3n) is 3.33. The van der Waals surface area contributed by atoms with E-state index in [4.69, 9.17) is 5.11 Å². The Morgan fingerprint density at radius 1 is 0.926 bits per heavy atom. The number of hydrogen-bond donors (Lipinski definition) is 5. The van der Waals surface area contributed by atoms with Gasteiger partial charge in [0, 0.05) is 23.4 Å². The van der Waals surface area contributed by atoms with Crippen LogP contribution in [-0.2, 0) is 14.4 Å². The molecule has 0 heterocycles. The normalized spacial score (nSPS) is 11.3. The standard InChI is InChI=1S/C19H15NO7/c21-14-6-4-11(8-16(14)23)5-7-18(25)20-13-3-1-2-12(9-13)15(22)10-17(24)19(26)27/h1-10,21-23H,(H,20,25)(H,26,27)/b7-5+,15-10+. The molecule has 0 saturated heterocycles. The largest absolute Gasteiger partial charge is 0.507 e. The van der Waals surface area contributed by atoms with Crippen molar-refractivity contribution in [2.24, 2.45) is 0 Å². The maximum atomic E-state index is 12.0. The summed E-state index contributed by atoms with van der Waals surface area (Å²) in [6, 6.07) is 9.90. The Hall–Kier alpha value is -4.07. The first-order chi connectivity index (χ1) is 12.8. The van der Waals surface area contributed by atoms with Crippen LogP contribution in [0.1, 0.15) is 11.1 Å². The zero-order valence-corrected chi connectivity index (χ0v) is 13.8. The highest BCUT2D eigenvalue weighted by Gasteiger charge is 2.11. The van der Waals surface area contributed by atoms with Crippen LogP contribution in [-0.4, -0.2) is 38.1 Å². The quantitative estimate of drug-likeness (QED) is 0.227. The molecule has 0 unspecified atom stereocenters. The van der Waals surface area contributed by atoms with Crippen molar-refractivity contribution in [1.82, 2.24) is 0 Å². The van der Waals surface area contributed by atoms with Gasteiger partial charge in [-0.15, -0.1) is 0 Å². The third-order valence-corrected chi connectivity index (χ3v) is 3.33. The summed E-state index contributed by atoms with van der Waals surface area (Å²) in [5.41, 5.74) is 0.940. The van der Waals surface area contributed by atoms with E-state index in [2.05, 4.69) is 5.32 Å². The molecule has 0 radical (unpaired) electrons. The second-order valence-corrected chi connectivity index (χ2v) is 5.35. The number of phenolic OH excluding ortho intramolecular Hbond substituents is 2. The number of carboxylic acids is 1. The van der Waals surface area contributed by atoms with Crippen LogP contribution in [0.25, 0.3) is 11.8 Å². The van der Waals surface area contributed by atoms with Gasteiger partial charge in [0.2, 0.25) is 5.91 Å². The average molecular weight is 369 g/mol. The van der Waals surface area contributed by atoms with Gasteiger partial charge in [-0.25, -0.2) is 4.79 Å². The first kappa shape index (κ1) is 19.3. The topological polar surface area (TPSA) is 144 Å². The molecular weight excluding hydrogens is 354 g/mol. The Balaban J connectivity index is 2.10. The molecule has 8 nitrogen and oxygen atoms in total. The number of carbonyl (C=O) groups is 3. The van der Waals surface area contributed by atoms with E-state index >= 15 is 0 Å². The molecule has 27 heavy (non-hydrogen) atoms. The number of anilines is 1. The molecule has 0 bridgehead atoms. The fraction of sp³-hybridized carbons (Fsp3) is 0. The van der Waals surface area contributed by atoms with E-state index in [1.165, 1.54) is 54.6 Å². The van der Waals surface area contributed by atoms with Crippen LogP contribution in [0.3, 0.4) is 0 Å². The minimum atomic E-state index is -1.70. The molecule has 0 aliphatic heterocycles. The van der Waals surface area contributed by atoms with E-state index < -0.39 is 23.4 Å². The van der Waals surface area contributed by atoms with Gasteiger partial charge in [0.25, 0.3) is 5.78 Å². The van der Waals surface area contributed by atoms with E-state index in [-0.39, 0.29) is 17.1 Å². The van der Waals surface area contributed by atoms with E-state index in [1.54, 1.807) is 0 Å². The van der Waals surface area contributed by atoms with E-state index in [9.17, 15) is 29.7 Å². The first-order valence-corrected chi connectivity index (χ1v) is 7.55. The summed E-state index contributed by atoms with van der Waals surface area (Å²) in [6.45, 7) is 0. The Labute approximate surface area is 153 Å². The Morgan fingerprint density at radius 2 is 1.67 bits per heavy atom. The van der Waals surface area contributed by atoms with Gasteiger partial charge in [0.15, 0.2) is 11.5 Å². The maximum Gasteiger partial charge on any atom is 0.376 e. The monoisotopic (exact) mass is 369 g/mol. The zero-order chi connectivity index (χ0) is 20.0. The lowest BCUT2D eigenvalue weighted by molar-refractivity contribution is -0.146. The number of aliphatic hydroxyl groups is 1. The zero-order valence-electron chi connectivity index (χ0n) is 13.8. The third kappa shape index (κ3) is 5.46. The van der Waals surface area contributed by atoms with E-state index in [0.717, 1.165) is 0 Å². The van der Waals surface area contributed by atoms with Crippen molar-refractivity contribution in [3.8, 4) is 11.5 Å². The summed E-state index contributed by atoms with van der Waals surface area (Å²) in [6.07, 6.45) is 3.18. The van der Waals surface area contributed by atoms with Crippen LogP contribution >= 0.6 is 0 Å². The number of aromatic hydroxyl groups is 2. The summed E-state index contributed by atoms with van der Waals surface area (Å²) in [5, 5.41) is 39.5. The number of nitrogens with one attached hydrogen (secondary N) is 1. The van der Waals surface area contributed by atoms with Crippen molar-refractivity contribution < 1.29 is 34.8 Å². The summed E-state index contributed by atoms with van der Waals surface area (Å²) >= 11 is 0. The van der Waals surface area contributed by atoms with Crippen LogP contribution in [0.4, 0.5) is 5.69 Å². The molecule has 2 aromatic carbocycles. The molecule has 138 valence electrons. The molecule has 0 spiro atoms. The second kappa shape index (κ2) is 8.34. The molecule has 2 aromatic rings. The van der Waals surface area contributed by atoms with Gasteiger partial charge in [0.05, 0.1) is 0 Å². The predicted molar refractivity (Wildman–Crippen MR) is 97.1 cm³/mol. The van der Waals surface area contributed by atoms with Crippen LogP contribution < -0.4 is 5.32 Å². The number of amides is 1. The smallest absolute Gasteiger partial charge is 0.376 e. The molecule has 8 heteroatoms. The van der Waals surface area contributed by atoms with Crippen molar-refractivity contribution in [1.29, 1.82) is 0 Å². The van der Waals surface area contributed by atoms with Gasteiger partial charge in [-0.3, -0.25) is 9.59 Å². The van der Waals surface area contributed by atoms with Crippen molar-refractivity contribution in [2.45, 2.75) is 0 Å². The van der Waals surface area contributed by atoms with Gasteiger partial charge < -0.3 is 25.7 Å². The van der Waals surface area contributed by atoms with Gasteiger partial charge in [-0.1, -0.05) is 18.2 Å². The fourth-order valence-corrected chi connectivity index (χ4v) is 2.03. The van der Waals surface area contributed by atoms with Crippen molar-refractivity contribution in [3.05, 3.63) is 65.7 Å². The molecule has 0 atom stereocenters. The van der Waals surface area contributed by atoms with Crippen LogP contribution in [0.5, 0.6) is 11.5 Å². The molecule has 0 aliphatic rings. The van der Waals surface area contributed by atoms with Crippen LogP contribution in [0.2, 0.25) is 0 Å². The second-order valence-electron chi connectivity index (χ2n) is 5.35. The molecule has 0 aliphatic carbocycles. The average Bonchev–Trinajstić information content (AvgIpc) is 2.62. The predicted octanol–water partition coefficient (Wildman–Crippen LogP) is 2.30. The number of hydrogen-bond acceptors (Lipinski definition) is 6. The lowest BCUT2D eigenvalue weighted by Gasteiger charge is -2.05. The SMILES string of the molecule is O=C(/C=C/c1ccc(O)c(O)c1)Nc1cccc(/C(O)=C\C(=O)C(=O)O)c1. The van der Waals surface area contributed by atoms with Crippen molar-refractivity contribution in [3.63, 3.8) is 0 Å². The van der Waals surface area contributed by atoms with Gasteiger partial charge in [-0.05, 0) is 35.9 Å². The van der Waals surface area contributed by atoms with Gasteiger partial charge in [-0.2, -0.15) is 0 Å². The number of aliphatic carboxylic acids is 1. The number of benzene rings is 2. The lowest BCUT2D eigenvalue weighted by Crippen LogP contribution is -2.10. The van der Waals surface area contributed by atoms with Crippen LogP contribution in [0, 0.1) is 0 Å². The number of carboxylic acid groups (broad SMARTS) is 1. The number of ketones is 1. The first-order valence-electron chi connectivity index (χ1n) is 7.55. The maximum absolute atomic E-state index is 12.0. The Morgan fingerprint density at radius 3 is 2.33 bits per heavy atom. The molecule has 5 N–H and O–H groups in total. The number of rotatable bonds is 6. The Kier molecular flexibility index (Phi) is 5.95. The summed E-state index contributed by atoms with van der Waals surface area (Å²) in [4.78, 5) is 33.6. The minimum absolute atomic E-state index is 0.148. The summed E-state index contributed by atoms with van der Waals surface area (Å²) < 4.78 is 0. The number of carbonyl (C=O) groups excluding carboxylic acids is 2. The van der Waals surface area contributed by atoms with Crippen molar-refractivity contribution >= 4 is 35.2 Å². The highest BCUT2D eigenvalue weighted by Crippen LogP contribution is 2.25. The van der Waals surface area contributed by atoms with Gasteiger partial charge in [0.1, 0.15) is 5.76 Å². The lowest BCUT2D eigenvalue weighted by atomic mass is 10.1. The molecule has 1 amide bonds. The van der Waals surface area contributed by atoms with E-state index in [0.29, 0.717) is 17.3 Å². The number of phenols is 2. The molecule has 0 fully saturated rings. The number of aliphatic hydroxyl groups excluding tert-OH is 1. The molecule has 2 rings (SSSR count). The molecule has 0 aromatic heterocycles. The Bertz CT molecular complexity index is 960. The summed E-state index contributed by atoms with van der Waals surface area (Å²) in [5.74, 6) is -4.62. The van der Waals surface area contributed by atoms with Crippen LogP contribution in [0.15, 0.2) is 54.6 Å². The van der Waals surface area contributed by atoms with E-state index in [1.807, 2.05) is 0 Å². The van der Waals surface area contributed by atoms with Gasteiger partial charge >= 0.3 is 5.97 Å². The van der Waals surface area contributed by atoms with Crippen molar-refractivity contribution in [2.75, 3.05) is 5.32 Å². The molecular formula is C19H15NO7. The fourth-order valence-electron chi connectivity index (χ4n) is 2.03. The highest BCUT2D eigenvalue weighted by atomic mass is 16.4.